The van der Waals surface area contributed by atoms with Gasteiger partial charge in [0.15, 0.2) is 11.7 Å². The van der Waals surface area contributed by atoms with Crippen LogP contribution in [0.1, 0.15) is 40.0 Å². The number of unbranched alkanes of at least 4 members (excludes halogenated alkanes) is 1. The lowest BCUT2D eigenvalue weighted by Crippen LogP contribution is -2.13. The summed E-state index contributed by atoms with van der Waals surface area (Å²) in [7, 11) is 0. The summed E-state index contributed by atoms with van der Waals surface area (Å²) in [5.74, 6) is -2.89. The summed E-state index contributed by atoms with van der Waals surface area (Å²) in [6.45, 7) is 31.8. The van der Waals surface area contributed by atoms with Crippen molar-refractivity contribution in [1.29, 1.82) is 0 Å². The molecular formula is C29H37F3O. The third-order valence-electron chi connectivity index (χ3n) is 4.82. The Balaban J connectivity index is 5.13. The molecule has 0 amide bonds. The predicted octanol–water partition coefficient (Wildman–Crippen LogP) is 9.30. The Hall–Kier alpha value is -2.85. The fraction of sp³-hybridized carbons (Fsp3) is 0.310. The van der Waals surface area contributed by atoms with Crippen LogP contribution in [0, 0.1) is 5.92 Å². The van der Waals surface area contributed by atoms with E-state index in [2.05, 4.69) is 46.1 Å². The summed E-state index contributed by atoms with van der Waals surface area (Å²) in [5, 5.41) is 0. The van der Waals surface area contributed by atoms with Gasteiger partial charge in [0.1, 0.15) is 5.83 Å². The maximum atomic E-state index is 14.5. The molecule has 33 heavy (non-hydrogen) atoms. The van der Waals surface area contributed by atoms with Crippen LogP contribution in [0.15, 0.2) is 121 Å². The molecule has 1 atom stereocenters. The van der Waals surface area contributed by atoms with E-state index in [9.17, 15) is 13.2 Å². The van der Waals surface area contributed by atoms with Crippen molar-refractivity contribution in [3.63, 3.8) is 0 Å². The molecule has 0 aromatic rings. The van der Waals surface area contributed by atoms with Gasteiger partial charge in [0.2, 0.25) is 0 Å². The first-order valence-electron chi connectivity index (χ1n) is 10.8. The minimum Gasteiger partial charge on any atom is -0.378 e. The Morgan fingerprint density at radius 2 is 1.42 bits per heavy atom. The van der Waals surface area contributed by atoms with Gasteiger partial charge in [-0.05, 0) is 67.1 Å². The molecule has 180 valence electrons. The van der Waals surface area contributed by atoms with E-state index in [4.69, 9.17) is 4.74 Å². The van der Waals surface area contributed by atoms with Crippen molar-refractivity contribution in [2.45, 2.75) is 46.1 Å². The largest absolute Gasteiger partial charge is 0.378 e. The van der Waals surface area contributed by atoms with Gasteiger partial charge in [0.05, 0.1) is 12.7 Å². The van der Waals surface area contributed by atoms with Crippen LogP contribution in [0.3, 0.4) is 0 Å². The lowest BCUT2D eigenvalue weighted by molar-refractivity contribution is 0.0626. The molecule has 0 bridgehead atoms. The Morgan fingerprint density at radius 1 is 0.848 bits per heavy atom. The molecule has 0 aliphatic rings. The standard InChI is InChI=1S/C29H37F3O/c1-11-12-13-14-22(6)28(31)29(32)26(10)21(5)16-15-20(4)23(7)17-27(30)25(9)24(8)18-33-19(2)3/h11,15-17,19,24H,1,4-7,9-10,12-14,18H2,2-3,8H3/b16-15-,27-17+,29-28-. The quantitative estimate of drug-likeness (QED) is 0.127. The summed E-state index contributed by atoms with van der Waals surface area (Å²) >= 11 is 0. The van der Waals surface area contributed by atoms with Crippen LogP contribution in [0.25, 0.3) is 0 Å². The van der Waals surface area contributed by atoms with Gasteiger partial charge in [-0.1, -0.05) is 64.6 Å². The number of rotatable bonds is 16. The molecule has 0 aromatic carbocycles. The van der Waals surface area contributed by atoms with Crippen molar-refractivity contribution >= 4 is 0 Å². The zero-order valence-electron chi connectivity index (χ0n) is 20.3. The Kier molecular flexibility index (Phi) is 13.8. The maximum absolute atomic E-state index is 14.5. The number of hydrogen-bond acceptors (Lipinski definition) is 1. The van der Waals surface area contributed by atoms with E-state index in [1.165, 1.54) is 18.2 Å². The van der Waals surface area contributed by atoms with E-state index >= 15 is 0 Å². The minimum atomic E-state index is -1.11. The summed E-state index contributed by atoms with van der Waals surface area (Å²) < 4.78 is 48.8. The van der Waals surface area contributed by atoms with Crippen molar-refractivity contribution in [2.24, 2.45) is 5.92 Å². The number of allylic oxidation sites excluding steroid dienone is 12. The molecule has 0 radical (unpaired) electrons. The van der Waals surface area contributed by atoms with Gasteiger partial charge in [-0.25, -0.2) is 13.2 Å². The molecule has 4 heteroatoms. The maximum Gasteiger partial charge on any atom is 0.166 e. The lowest BCUT2D eigenvalue weighted by atomic mass is 9.99. The third-order valence-corrected chi connectivity index (χ3v) is 4.82. The number of ether oxygens (including phenoxy) is 1. The van der Waals surface area contributed by atoms with E-state index in [1.807, 2.05) is 20.8 Å². The molecule has 0 aromatic heterocycles. The molecule has 0 aliphatic heterocycles. The topological polar surface area (TPSA) is 9.23 Å². The first-order chi connectivity index (χ1) is 15.3. The van der Waals surface area contributed by atoms with Crippen LogP contribution in [0.2, 0.25) is 0 Å². The number of halogens is 3. The van der Waals surface area contributed by atoms with Crippen LogP contribution >= 0.6 is 0 Å². The molecule has 0 spiro atoms. The second kappa shape index (κ2) is 15.1. The average Bonchev–Trinajstić information content (AvgIpc) is 2.78. The molecular weight excluding hydrogens is 421 g/mol. The van der Waals surface area contributed by atoms with Crippen LogP contribution in [0.4, 0.5) is 13.2 Å². The lowest BCUT2D eigenvalue weighted by Gasteiger charge is -2.16. The van der Waals surface area contributed by atoms with Crippen molar-refractivity contribution in [3.05, 3.63) is 121 Å². The van der Waals surface area contributed by atoms with Gasteiger partial charge in [0.25, 0.3) is 0 Å². The second-order valence-electron chi connectivity index (χ2n) is 8.10. The van der Waals surface area contributed by atoms with Crippen molar-refractivity contribution < 1.29 is 17.9 Å². The smallest absolute Gasteiger partial charge is 0.166 e. The van der Waals surface area contributed by atoms with E-state index in [0.29, 0.717) is 42.6 Å². The molecule has 0 N–H and O–H groups in total. The Labute approximate surface area is 198 Å². The zero-order chi connectivity index (χ0) is 25.7. The molecule has 1 nitrogen and oxygen atoms in total. The first-order valence-corrected chi connectivity index (χ1v) is 10.8. The molecule has 0 fully saturated rings. The van der Waals surface area contributed by atoms with Gasteiger partial charge in [0, 0.05) is 11.5 Å². The Bertz CT molecular complexity index is 894. The molecule has 0 heterocycles. The molecule has 0 saturated carbocycles. The van der Waals surface area contributed by atoms with Crippen LogP contribution in [-0.2, 0) is 4.74 Å². The van der Waals surface area contributed by atoms with Gasteiger partial charge in [-0.3, -0.25) is 0 Å². The molecule has 1 unspecified atom stereocenters. The average molecular weight is 459 g/mol. The normalized spacial score (nSPS) is 13.5. The van der Waals surface area contributed by atoms with Crippen LogP contribution in [0.5, 0.6) is 0 Å². The van der Waals surface area contributed by atoms with Crippen molar-refractivity contribution in [2.75, 3.05) is 6.61 Å². The molecule has 0 aliphatic carbocycles. The van der Waals surface area contributed by atoms with Crippen LogP contribution in [-0.4, -0.2) is 12.7 Å². The summed E-state index contributed by atoms with van der Waals surface area (Å²) in [6, 6.07) is 0. The summed E-state index contributed by atoms with van der Waals surface area (Å²) in [5.41, 5.74) is 0.959. The van der Waals surface area contributed by atoms with Crippen molar-refractivity contribution in [1.82, 2.24) is 0 Å². The van der Waals surface area contributed by atoms with Gasteiger partial charge >= 0.3 is 0 Å². The highest BCUT2D eigenvalue weighted by atomic mass is 19.2. The van der Waals surface area contributed by atoms with E-state index in [0.717, 1.165) is 0 Å². The fourth-order valence-corrected chi connectivity index (χ4v) is 2.42. The predicted molar refractivity (Wildman–Crippen MR) is 137 cm³/mol. The highest BCUT2D eigenvalue weighted by molar-refractivity contribution is 5.53. The molecule has 0 saturated heterocycles. The highest BCUT2D eigenvalue weighted by Gasteiger charge is 2.15. The van der Waals surface area contributed by atoms with E-state index in [-0.39, 0.29) is 28.7 Å². The van der Waals surface area contributed by atoms with Gasteiger partial charge in [-0.2, -0.15) is 0 Å². The highest BCUT2D eigenvalue weighted by Crippen LogP contribution is 2.29. The summed E-state index contributed by atoms with van der Waals surface area (Å²) in [4.78, 5) is 0. The van der Waals surface area contributed by atoms with Gasteiger partial charge < -0.3 is 4.74 Å². The third kappa shape index (κ3) is 11.0. The zero-order valence-corrected chi connectivity index (χ0v) is 20.3. The minimum absolute atomic E-state index is 0.0403. The van der Waals surface area contributed by atoms with Crippen molar-refractivity contribution in [3.8, 4) is 0 Å². The SMILES string of the molecule is C=CCCCC(=C)/C(F)=C(/F)C(=C)C(=C)/C=C\C(=C)C(=C)/C=C(/F)C(=C)C(C)COC(C)C. The van der Waals surface area contributed by atoms with Crippen LogP contribution < -0.4 is 0 Å². The monoisotopic (exact) mass is 458 g/mol. The summed E-state index contributed by atoms with van der Waals surface area (Å²) in [6.07, 6.45) is 7.49. The first kappa shape index (κ1) is 30.2. The molecule has 0 rings (SSSR count). The van der Waals surface area contributed by atoms with Gasteiger partial charge in [-0.15, -0.1) is 6.58 Å². The van der Waals surface area contributed by atoms with E-state index in [1.54, 1.807) is 6.08 Å². The second-order valence-corrected chi connectivity index (χ2v) is 8.10. The Morgan fingerprint density at radius 3 is 1.97 bits per heavy atom. The number of hydrogen-bond donors (Lipinski definition) is 0. The van der Waals surface area contributed by atoms with E-state index < -0.39 is 17.5 Å². The fourth-order valence-electron chi connectivity index (χ4n) is 2.42.